The number of hydrogen-bond donors (Lipinski definition) is 4. The fourth-order valence-electron chi connectivity index (χ4n) is 3.82. The second-order valence-electron chi connectivity index (χ2n) is 9.21. The number of anilines is 2. The Kier molecular flexibility index (Phi) is 8.90. The first-order chi connectivity index (χ1) is 17.4. The third-order valence-electron chi connectivity index (χ3n) is 5.48. The van der Waals surface area contributed by atoms with Crippen LogP contribution in [0, 0.1) is 12.7 Å². The zero-order chi connectivity index (χ0) is 27.3. The van der Waals surface area contributed by atoms with Crippen LogP contribution >= 0.6 is 0 Å². The van der Waals surface area contributed by atoms with Crippen LogP contribution in [0.25, 0.3) is 23.0 Å². The SMILES string of the molecule is C=C(C)n1nc(C)cc1Nc1nc(-c2ccc(F)cc2)c(/C=C/[C@@H](O)C[C@@H](O)CC(=O)O)c(C(C)C)n1. The van der Waals surface area contributed by atoms with Gasteiger partial charge in [0.2, 0.25) is 5.95 Å². The summed E-state index contributed by atoms with van der Waals surface area (Å²) >= 11 is 0. The molecule has 2 heterocycles. The number of halogens is 1. The zero-order valence-corrected chi connectivity index (χ0v) is 21.3. The first kappa shape index (κ1) is 27.7. The molecule has 0 aliphatic carbocycles. The van der Waals surface area contributed by atoms with Gasteiger partial charge in [0.1, 0.15) is 11.6 Å². The molecule has 0 aliphatic heterocycles. The summed E-state index contributed by atoms with van der Waals surface area (Å²) in [5.41, 5.74) is 3.92. The van der Waals surface area contributed by atoms with Gasteiger partial charge in [0, 0.05) is 29.3 Å². The average Bonchev–Trinajstić information content (AvgIpc) is 3.17. The molecule has 37 heavy (non-hydrogen) atoms. The van der Waals surface area contributed by atoms with E-state index in [4.69, 9.17) is 15.1 Å². The summed E-state index contributed by atoms with van der Waals surface area (Å²) in [6.45, 7) is 11.6. The van der Waals surface area contributed by atoms with Crippen LogP contribution in [0.15, 0.2) is 43.0 Å². The van der Waals surface area contributed by atoms with Crippen molar-refractivity contribution in [2.75, 3.05) is 5.32 Å². The summed E-state index contributed by atoms with van der Waals surface area (Å²) in [5, 5.41) is 36.7. The number of carboxylic acids is 1. The number of nitrogens with zero attached hydrogens (tertiary/aromatic N) is 4. The molecule has 0 saturated heterocycles. The highest BCUT2D eigenvalue weighted by Crippen LogP contribution is 2.31. The molecule has 0 radical (unpaired) electrons. The van der Waals surface area contributed by atoms with Gasteiger partial charge in [-0.15, -0.1) is 0 Å². The van der Waals surface area contributed by atoms with Crippen LogP contribution in [0.5, 0.6) is 0 Å². The quantitative estimate of drug-likeness (QED) is 0.291. The predicted molar refractivity (Wildman–Crippen MR) is 141 cm³/mol. The van der Waals surface area contributed by atoms with Crippen LogP contribution in [-0.4, -0.2) is 53.2 Å². The molecule has 0 saturated carbocycles. The van der Waals surface area contributed by atoms with Crippen LogP contribution in [-0.2, 0) is 4.79 Å². The van der Waals surface area contributed by atoms with Crippen molar-refractivity contribution in [2.45, 2.75) is 58.7 Å². The third kappa shape index (κ3) is 7.31. The molecule has 0 bridgehead atoms. The number of aryl methyl sites for hydroxylation is 1. The Morgan fingerprint density at radius 2 is 1.89 bits per heavy atom. The first-order valence-corrected chi connectivity index (χ1v) is 11.9. The number of rotatable bonds is 11. The molecule has 9 nitrogen and oxygen atoms in total. The molecule has 2 aromatic heterocycles. The number of hydrogen-bond acceptors (Lipinski definition) is 7. The number of carbonyl (C=O) groups is 1. The van der Waals surface area contributed by atoms with E-state index in [1.165, 1.54) is 18.2 Å². The van der Waals surface area contributed by atoms with Gasteiger partial charge in [-0.3, -0.25) is 4.79 Å². The monoisotopic (exact) mass is 509 g/mol. The molecule has 2 atom stereocenters. The van der Waals surface area contributed by atoms with Gasteiger partial charge in [0.15, 0.2) is 0 Å². The number of aliphatic hydroxyl groups excluding tert-OH is 2. The lowest BCUT2D eigenvalue weighted by Gasteiger charge is -2.17. The second-order valence-corrected chi connectivity index (χ2v) is 9.21. The smallest absolute Gasteiger partial charge is 0.305 e. The largest absolute Gasteiger partial charge is 0.481 e. The molecule has 3 aromatic rings. The van der Waals surface area contributed by atoms with Gasteiger partial charge in [0.05, 0.1) is 35.7 Å². The van der Waals surface area contributed by atoms with Crippen molar-refractivity contribution in [3.8, 4) is 11.3 Å². The van der Waals surface area contributed by atoms with Crippen LogP contribution in [0.1, 0.15) is 56.5 Å². The minimum Gasteiger partial charge on any atom is -0.481 e. The molecule has 0 fully saturated rings. The van der Waals surface area contributed by atoms with Gasteiger partial charge in [-0.05, 0) is 44.0 Å². The Bertz CT molecular complexity index is 1300. The van der Waals surface area contributed by atoms with Crippen LogP contribution in [0.4, 0.5) is 16.2 Å². The first-order valence-electron chi connectivity index (χ1n) is 11.9. The standard InChI is InChI=1S/C27H32FN5O4/c1-15(2)25-22(11-10-20(34)13-21(35)14-24(36)37)26(18-6-8-19(28)9-7-18)31-27(30-25)29-23-12-17(5)32-33(23)16(3)4/h6-12,15,20-21,34-35H,3,13-14H2,1-2,4-5H3,(H,36,37)(H,29,30,31)/b11-10+/t20-,21-/m1/s1. The van der Waals surface area contributed by atoms with E-state index in [9.17, 15) is 19.4 Å². The topological polar surface area (TPSA) is 133 Å². The predicted octanol–water partition coefficient (Wildman–Crippen LogP) is 4.75. The molecule has 0 amide bonds. The maximum Gasteiger partial charge on any atom is 0.305 e. The molecular weight excluding hydrogens is 477 g/mol. The van der Waals surface area contributed by atoms with E-state index in [-0.39, 0.29) is 18.2 Å². The summed E-state index contributed by atoms with van der Waals surface area (Å²) in [5.74, 6) is -0.647. The van der Waals surface area contributed by atoms with E-state index < -0.39 is 24.6 Å². The lowest BCUT2D eigenvalue weighted by molar-refractivity contribution is -0.139. The van der Waals surface area contributed by atoms with E-state index in [1.54, 1.807) is 22.9 Å². The fourth-order valence-corrected chi connectivity index (χ4v) is 3.82. The maximum atomic E-state index is 13.7. The number of aliphatic hydroxyl groups is 2. The number of benzene rings is 1. The van der Waals surface area contributed by atoms with Crippen molar-refractivity contribution in [3.05, 3.63) is 65.8 Å². The van der Waals surface area contributed by atoms with Gasteiger partial charge < -0.3 is 20.6 Å². The van der Waals surface area contributed by atoms with Gasteiger partial charge in [-0.2, -0.15) is 5.10 Å². The third-order valence-corrected chi connectivity index (χ3v) is 5.48. The molecule has 196 valence electrons. The molecule has 0 spiro atoms. The Hall–Kier alpha value is -3.89. The van der Waals surface area contributed by atoms with Gasteiger partial charge in [0.25, 0.3) is 0 Å². The lowest BCUT2D eigenvalue weighted by atomic mass is 9.97. The summed E-state index contributed by atoms with van der Waals surface area (Å²) in [6, 6.07) is 7.74. The normalized spacial score (nSPS) is 13.2. The number of nitrogens with one attached hydrogen (secondary N) is 1. The molecular formula is C27H32FN5O4. The zero-order valence-electron chi connectivity index (χ0n) is 21.3. The van der Waals surface area contributed by atoms with Crippen LogP contribution < -0.4 is 5.32 Å². The molecule has 0 unspecified atom stereocenters. The second kappa shape index (κ2) is 11.9. The summed E-state index contributed by atoms with van der Waals surface area (Å²) in [6.07, 6.45) is 0.222. The highest BCUT2D eigenvalue weighted by Gasteiger charge is 2.19. The Balaban J connectivity index is 2.08. The van der Waals surface area contributed by atoms with Crippen molar-refractivity contribution in [1.82, 2.24) is 19.7 Å². The van der Waals surface area contributed by atoms with Crippen molar-refractivity contribution in [3.63, 3.8) is 0 Å². The number of aliphatic carboxylic acids is 1. The Morgan fingerprint density at radius 1 is 1.22 bits per heavy atom. The van der Waals surface area contributed by atoms with Crippen molar-refractivity contribution in [1.29, 1.82) is 0 Å². The molecule has 0 aliphatic rings. The molecule has 4 N–H and O–H groups in total. The fraction of sp³-hybridized carbons (Fsp3) is 0.333. The number of aromatic nitrogens is 4. The van der Waals surface area contributed by atoms with Crippen molar-refractivity contribution >= 4 is 29.5 Å². The lowest BCUT2D eigenvalue weighted by Crippen LogP contribution is -2.19. The molecule has 10 heteroatoms. The van der Waals surface area contributed by atoms with Crippen LogP contribution in [0.3, 0.4) is 0 Å². The minimum absolute atomic E-state index is 0.0510. The highest BCUT2D eigenvalue weighted by molar-refractivity contribution is 5.75. The van der Waals surface area contributed by atoms with E-state index >= 15 is 0 Å². The minimum atomic E-state index is -1.19. The number of carboxylic acid groups (broad SMARTS) is 1. The van der Waals surface area contributed by atoms with E-state index in [2.05, 4.69) is 17.0 Å². The van der Waals surface area contributed by atoms with Gasteiger partial charge in [-0.1, -0.05) is 32.6 Å². The van der Waals surface area contributed by atoms with E-state index in [0.29, 0.717) is 40.0 Å². The highest BCUT2D eigenvalue weighted by atomic mass is 19.1. The molecule has 3 rings (SSSR count). The summed E-state index contributed by atoms with van der Waals surface area (Å²) in [7, 11) is 0. The van der Waals surface area contributed by atoms with E-state index in [1.807, 2.05) is 33.8 Å². The Morgan fingerprint density at radius 3 is 2.49 bits per heavy atom. The maximum absolute atomic E-state index is 13.7. The van der Waals surface area contributed by atoms with Crippen molar-refractivity contribution < 1.29 is 24.5 Å². The van der Waals surface area contributed by atoms with Gasteiger partial charge in [-0.25, -0.2) is 19.0 Å². The Labute approximate surface area is 215 Å². The summed E-state index contributed by atoms with van der Waals surface area (Å²) in [4.78, 5) is 20.3. The van der Waals surface area contributed by atoms with Crippen LogP contribution in [0.2, 0.25) is 0 Å². The average molecular weight is 510 g/mol. The summed E-state index contributed by atoms with van der Waals surface area (Å²) < 4.78 is 15.3. The van der Waals surface area contributed by atoms with Crippen molar-refractivity contribution in [2.24, 2.45) is 0 Å². The van der Waals surface area contributed by atoms with Gasteiger partial charge >= 0.3 is 5.97 Å². The number of allylic oxidation sites excluding steroid dienone is 1. The molecule has 1 aromatic carbocycles. The van der Waals surface area contributed by atoms with E-state index in [0.717, 1.165) is 5.69 Å².